The van der Waals surface area contributed by atoms with Gasteiger partial charge in [-0.2, -0.15) is 0 Å². The molecule has 0 fully saturated rings. The molecule has 11 nitrogen and oxygen atoms in total. The van der Waals surface area contributed by atoms with Crippen molar-refractivity contribution >= 4 is 52.0 Å². The van der Waals surface area contributed by atoms with Crippen LogP contribution in [0.4, 0.5) is 5.69 Å². The first-order valence-corrected chi connectivity index (χ1v) is 12.8. The molecular weight excluding hydrogens is 591 g/mol. The van der Waals surface area contributed by atoms with Crippen LogP contribution in [0.5, 0.6) is 0 Å². The van der Waals surface area contributed by atoms with Gasteiger partial charge in [-0.05, 0) is 57.3 Å². The molecule has 1 aliphatic rings. The number of carboxylic acid groups (broad SMARTS) is 1. The fourth-order valence-electron chi connectivity index (χ4n) is 3.57. The number of aliphatic hydroxyl groups excluding tert-OH is 1. The van der Waals surface area contributed by atoms with Gasteiger partial charge in [0.05, 0.1) is 49.1 Å². The van der Waals surface area contributed by atoms with E-state index in [4.69, 9.17) is 0 Å². The van der Waals surface area contributed by atoms with Crippen molar-refractivity contribution in [1.82, 2.24) is 20.9 Å². The number of carbonyl (C=O) groups excluding carboxylic acids is 2. The summed E-state index contributed by atoms with van der Waals surface area (Å²) in [5, 5.41) is 30.1. The molecule has 2 atom stereocenters. The van der Waals surface area contributed by atoms with E-state index in [1.54, 1.807) is 6.07 Å². The van der Waals surface area contributed by atoms with E-state index >= 15 is 0 Å². The van der Waals surface area contributed by atoms with Gasteiger partial charge in [0.1, 0.15) is 0 Å². The summed E-state index contributed by atoms with van der Waals surface area (Å²) in [4.78, 5) is 45.0. The highest BCUT2D eigenvalue weighted by Crippen LogP contribution is 2.28. The summed E-state index contributed by atoms with van der Waals surface area (Å²) in [6.45, 7) is 6.47. The van der Waals surface area contributed by atoms with Gasteiger partial charge in [-0.15, -0.1) is 0 Å². The normalized spacial score (nSPS) is 16.1. The molecule has 3 rings (SSSR count). The van der Waals surface area contributed by atoms with E-state index in [9.17, 15) is 24.6 Å². The Labute approximate surface area is 228 Å². The Morgan fingerprint density at radius 1 is 1.19 bits per heavy atom. The number of carboxylic acids is 1. The minimum atomic E-state index is -1.05. The second kappa shape index (κ2) is 12.3. The zero-order valence-corrected chi connectivity index (χ0v) is 23.0. The van der Waals surface area contributed by atoms with Crippen LogP contribution in [0.25, 0.3) is 0 Å². The average Bonchev–Trinajstić information content (AvgIpc) is 2.82. The van der Waals surface area contributed by atoms with Crippen molar-refractivity contribution in [3.05, 3.63) is 56.9 Å². The lowest BCUT2D eigenvalue weighted by Gasteiger charge is -2.24. The molecule has 2 heterocycles. The van der Waals surface area contributed by atoms with Crippen molar-refractivity contribution in [2.75, 3.05) is 25.0 Å². The molecule has 1 aromatic heterocycles. The number of hydrogen-bond donors (Lipinski definition) is 6. The van der Waals surface area contributed by atoms with Crippen molar-refractivity contribution in [2.45, 2.75) is 44.8 Å². The highest BCUT2D eigenvalue weighted by molar-refractivity contribution is 14.1. The first kappa shape index (κ1) is 28.3. The number of rotatable bonds is 8. The Morgan fingerprint density at radius 2 is 1.95 bits per heavy atom. The minimum absolute atomic E-state index is 0.153. The van der Waals surface area contributed by atoms with Gasteiger partial charge in [0, 0.05) is 16.3 Å². The van der Waals surface area contributed by atoms with E-state index < -0.39 is 29.9 Å². The van der Waals surface area contributed by atoms with Crippen molar-refractivity contribution in [2.24, 2.45) is 4.99 Å². The number of anilines is 1. The van der Waals surface area contributed by atoms with Crippen molar-refractivity contribution in [1.29, 1.82) is 0 Å². The molecule has 37 heavy (non-hydrogen) atoms. The summed E-state index contributed by atoms with van der Waals surface area (Å²) in [5.74, 6) is -1.62. The number of β-amino-alcohol motifs (C(OH)–C–C–N with tert-alkyl or cyclic N) is 1. The molecule has 6 N–H and O–H groups in total. The van der Waals surface area contributed by atoms with Crippen molar-refractivity contribution in [3.8, 4) is 0 Å². The van der Waals surface area contributed by atoms with Crippen LogP contribution in [0.3, 0.4) is 0 Å². The topological polar surface area (TPSA) is 165 Å². The van der Waals surface area contributed by atoms with Gasteiger partial charge in [-0.25, -0.2) is 0 Å². The second-order valence-corrected chi connectivity index (χ2v) is 11.0. The lowest BCUT2D eigenvalue weighted by atomic mass is 9.85. The Bertz CT molecular complexity index is 1200. The number of carbonyl (C=O) groups is 3. The third kappa shape index (κ3) is 8.67. The van der Waals surface area contributed by atoms with Crippen LogP contribution >= 0.6 is 22.6 Å². The largest absolute Gasteiger partial charge is 0.481 e. The molecule has 12 heteroatoms. The van der Waals surface area contributed by atoms with Crippen LogP contribution in [0.15, 0.2) is 41.7 Å². The molecule has 0 spiro atoms. The van der Waals surface area contributed by atoms with Gasteiger partial charge >= 0.3 is 5.97 Å². The highest BCUT2D eigenvalue weighted by atomic mass is 127. The second-order valence-electron chi connectivity index (χ2n) is 9.74. The lowest BCUT2D eigenvalue weighted by Crippen LogP contribution is -2.42. The number of aliphatic carboxylic acids is 1. The van der Waals surface area contributed by atoms with Crippen molar-refractivity contribution < 1.29 is 24.6 Å². The van der Waals surface area contributed by atoms with Gasteiger partial charge in [-0.1, -0.05) is 26.8 Å². The van der Waals surface area contributed by atoms with Crippen LogP contribution < -0.4 is 21.3 Å². The molecule has 1 aromatic carbocycles. The summed E-state index contributed by atoms with van der Waals surface area (Å²) in [5.41, 5.74) is 2.30. The maximum Gasteiger partial charge on any atom is 0.305 e. The number of guanidine groups is 1. The molecule has 1 unspecified atom stereocenters. The number of amides is 2. The van der Waals surface area contributed by atoms with Crippen LogP contribution in [-0.2, 0) is 15.0 Å². The third-order valence-electron chi connectivity index (χ3n) is 5.54. The van der Waals surface area contributed by atoms with Gasteiger partial charge in [0.15, 0.2) is 5.96 Å². The number of benzene rings is 1. The Kier molecular flexibility index (Phi) is 9.43. The average molecular weight is 622 g/mol. The fourth-order valence-corrected chi connectivity index (χ4v) is 4.26. The molecule has 0 bridgehead atoms. The van der Waals surface area contributed by atoms with E-state index in [0.29, 0.717) is 23.8 Å². The molecule has 2 amide bonds. The third-order valence-corrected chi connectivity index (χ3v) is 6.16. The first-order valence-electron chi connectivity index (χ1n) is 11.7. The Morgan fingerprint density at radius 3 is 2.59 bits per heavy atom. The van der Waals surface area contributed by atoms with Crippen LogP contribution in [-0.4, -0.2) is 64.7 Å². The van der Waals surface area contributed by atoms with Gasteiger partial charge < -0.3 is 31.5 Å². The molecule has 2 aromatic rings. The zero-order chi connectivity index (χ0) is 27.2. The fraction of sp³-hybridized carbons (Fsp3) is 0.400. The molecule has 1 aliphatic heterocycles. The monoisotopic (exact) mass is 622 g/mol. The Balaban J connectivity index is 1.64. The predicted molar refractivity (Wildman–Crippen MR) is 147 cm³/mol. The Hall–Kier alpha value is -3.26. The number of halogens is 1. The van der Waals surface area contributed by atoms with Gasteiger partial charge in [0.2, 0.25) is 5.91 Å². The standard InChI is InChI=1S/C25H31IN6O5/c1-25(2,3)16-4-14(5-17(26)7-16)20(8-22(35)36)32-21(34)13-28-23(37)15-6-18(10-27-9-15)31-24-29-11-19(33)12-30-24/h4-7,9-10,19-20,33H,8,11-13H2,1-3H3,(H,28,37)(H,32,34)(H,35,36)(H2,29,30,31)/t20-/m0/s1. The molecule has 0 aliphatic carbocycles. The number of aliphatic hydroxyl groups is 1. The molecule has 0 saturated heterocycles. The van der Waals surface area contributed by atoms with Crippen LogP contribution in [0.1, 0.15) is 54.7 Å². The van der Waals surface area contributed by atoms with E-state index in [0.717, 1.165) is 9.13 Å². The maximum atomic E-state index is 12.7. The summed E-state index contributed by atoms with van der Waals surface area (Å²) < 4.78 is 0.935. The summed E-state index contributed by atoms with van der Waals surface area (Å²) in [7, 11) is 0. The predicted octanol–water partition coefficient (Wildman–Crippen LogP) is 1.78. The minimum Gasteiger partial charge on any atom is -0.481 e. The number of aromatic nitrogens is 1. The van der Waals surface area contributed by atoms with Crippen molar-refractivity contribution in [3.63, 3.8) is 0 Å². The number of pyridine rings is 1. The first-order chi connectivity index (χ1) is 17.4. The maximum absolute atomic E-state index is 12.7. The van der Waals surface area contributed by atoms with Gasteiger partial charge in [-0.3, -0.25) is 24.4 Å². The number of hydrogen-bond acceptors (Lipinski definition) is 8. The smallest absolute Gasteiger partial charge is 0.305 e. The number of nitrogens with one attached hydrogen (secondary N) is 4. The zero-order valence-electron chi connectivity index (χ0n) is 20.8. The van der Waals surface area contributed by atoms with E-state index in [1.165, 1.54) is 12.4 Å². The van der Waals surface area contributed by atoms with Crippen LogP contribution in [0, 0.1) is 3.57 Å². The summed E-state index contributed by atoms with van der Waals surface area (Å²) in [6, 6.07) is 6.59. The number of aliphatic imine (C=N–C) groups is 1. The quantitative estimate of drug-likeness (QED) is 0.243. The lowest BCUT2D eigenvalue weighted by molar-refractivity contribution is -0.137. The van der Waals surface area contributed by atoms with E-state index in [2.05, 4.69) is 74.6 Å². The van der Waals surface area contributed by atoms with Crippen LogP contribution in [0.2, 0.25) is 0 Å². The number of nitrogens with zero attached hydrogens (tertiary/aromatic N) is 2. The molecular formula is C25H31IN6O5. The summed E-state index contributed by atoms with van der Waals surface area (Å²) >= 11 is 2.17. The van der Waals surface area contributed by atoms with Gasteiger partial charge in [0.25, 0.3) is 5.91 Å². The SMILES string of the molecule is CC(C)(C)c1cc(I)cc([C@H](CC(=O)O)NC(=O)CNC(=O)c2cncc(NC3=NCC(O)CN3)c2)c1. The molecule has 0 saturated carbocycles. The highest BCUT2D eigenvalue weighted by Gasteiger charge is 2.22. The summed E-state index contributed by atoms with van der Waals surface area (Å²) in [6.07, 6.45) is 2.04. The van der Waals surface area contributed by atoms with E-state index in [-0.39, 0.29) is 30.5 Å². The van der Waals surface area contributed by atoms with E-state index in [1.807, 2.05) is 18.2 Å². The molecule has 0 radical (unpaired) electrons. The molecule has 198 valence electrons.